The minimum atomic E-state index is -2.56. The summed E-state index contributed by atoms with van der Waals surface area (Å²) in [4.78, 5) is 0. The van der Waals surface area contributed by atoms with Gasteiger partial charge in [-0.05, 0) is 20.8 Å². The lowest BCUT2D eigenvalue weighted by Gasteiger charge is -2.28. The predicted octanol–water partition coefficient (Wildman–Crippen LogP) is 2.29. The van der Waals surface area contributed by atoms with E-state index in [0.717, 1.165) is 0 Å². The maximum Gasteiger partial charge on any atom is 0.502 e. The molecule has 0 fully saturated rings. The molecule has 0 atom stereocenters. The van der Waals surface area contributed by atoms with E-state index in [0.29, 0.717) is 45.0 Å². The zero-order valence-electron chi connectivity index (χ0n) is 10.5. The van der Waals surface area contributed by atoms with Crippen LogP contribution in [0.2, 0.25) is 6.04 Å². The van der Waals surface area contributed by atoms with Gasteiger partial charge in [0.15, 0.2) is 0 Å². The number of rotatable bonds is 11. The first-order chi connectivity index (χ1) is 7.74. The van der Waals surface area contributed by atoms with Crippen molar-refractivity contribution >= 4 is 20.4 Å². The van der Waals surface area contributed by atoms with Crippen molar-refractivity contribution in [2.75, 3.05) is 38.9 Å². The van der Waals surface area contributed by atoms with Gasteiger partial charge in [0, 0.05) is 31.7 Å². The molecular formula is C10H23ClO4Si. The molecule has 0 aliphatic rings. The first-order valence-corrected chi connectivity index (χ1v) is 8.26. The lowest BCUT2D eigenvalue weighted by molar-refractivity contribution is 0.0376. The molecule has 0 spiro atoms. The van der Waals surface area contributed by atoms with Crippen LogP contribution in [0.1, 0.15) is 20.8 Å². The Labute approximate surface area is 105 Å². The Balaban J connectivity index is 4.12. The Kier molecular flexibility index (Phi) is 10.7. The van der Waals surface area contributed by atoms with Gasteiger partial charge in [0.2, 0.25) is 0 Å². The van der Waals surface area contributed by atoms with E-state index in [1.807, 2.05) is 20.8 Å². The topological polar surface area (TPSA) is 36.9 Å². The summed E-state index contributed by atoms with van der Waals surface area (Å²) in [6.07, 6.45) is 0. The average Bonchev–Trinajstić information content (AvgIpc) is 2.26. The van der Waals surface area contributed by atoms with Gasteiger partial charge in [-0.3, -0.25) is 0 Å². The molecule has 98 valence electrons. The molecule has 16 heavy (non-hydrogen) atoms. The minimum absolute atomic E-state index is 0.487. The van der Waals surface area contributed by atoms with Crippen molar-refractivity contribution in [1.82, 2.24) is 0 Å². The SMILES string of the molecule is CCOCCO[Si](CCCl)(OCC)OCC. The monoisotopic (exact) mass is 270 g/mol. The molecule has 0 bridgehead atoms. The summed E-state index contributed by atoms with van der Waals surface area (Å²) in [6, 6.07) is 0.641. The highest BCUT2D eigenvalue weighted by Crippen LogP contribution is 2.16. The summed E-state index contributed by atoms with van der Waals surface area (Å²) in [6.45, 7) is 8.73. The summed E-state index contributed by atoms with van der Waals surface area (Å²) in [5, 5.41) is 0. The van der Waals surface area contributed by atoms with Crippen molar-refractivity contribution < 1.29 is 18.0 Å². The van der Waals surface area contributed by atoms with Crippen LogP contribution in [0.3, 0.4) is 0 Å². The molecule has 0 aliphatic heterocycles. The lowest BCUT2D eigenvalue weighted by Crippen LogP contribution is -2.47. The summed E-state index contributed by atoms with van der Waals surface area (Å²) >= 11 is 5.76. The molecule has 0 aliphatic carbocycles. The van der Waals surface area contributed by atoms with Crippen LogP contribution in [0, 0.1) is 0 Å². The minimum Gasteiger partial charge on any atom is -0.379 e. The Morgan fingerprint density at radius 3 is 1.94 bits per heavy atom. The number of halogens is 1. The zero-order chi connectivity index (χ0) is 12.3. The van der Waals surface area contributed by atoms with Crippen LogP contribution >= 0.6 is 11.6 Å². The summed E-state index contributed by atoms with van der Waals surface area (Å²) in [5.41, 5.74) is 0. The van der Waals surface area contributed by atoms with Crippen LogP contribution in [0.15, 0.2) is 0 Å². The summed E-state index contributed by atoms with van der Waals surface area (Å²) < 4.78 is 22.2. The van der Waals surface area contributed by atoms with Gasteiger partial charge >= 0.3 is 8.80 Å². The molecule has 0 aromatic heterocycles. The zero-order valence-corrected chi connectivity index (χ0v) is 12.2. The van der Waals surface area contributed by atoms with E-state index in [1.54, 1.807) is 0 Å². The van der Waals surface area contributed by atoms with Crippen molar-refractivity contribution in [2.45, 2.75) is 26.8 Å². The third kappa shape index (κ3) is 6.83. The smallest absolute Gasteiger partial charge is 0.379 e. The van der Waals surface area contributed by atoms with Crippen LogP contribution < -0.4 is 0 Å². The maximum atomic E-state index is 5.76. The fourth-order valence-corrected chi connectivity index (χ4v) is 4.18. The number of alkyl halides is 1. The second kappa shape index (κ2) is 10.5. The Hall–Kier alpha value is 0.347. The highest BCUT2D eigenvalue weighted by molar-refractivity contribution is 6.61. The maximum absolute atomic E-state index is 5.76. The number of ether oxygens (including phenoxy) is 1. The van der Waals surface area contributed by atoms with E-state index in [4.69, 9.17) is 29.6 Å². The molecule has 0 aromatic carbocycles. The van der Waals surface area contributed by atoms with Crippen molar-refractivity contribution in [1.29, 1.82) is 0 Å². The van der Waals surface area contributed by atoms with Crippen LogP contribution in [-0.2, 0) is 18.0 Å². The second-order valence-electron chi connectivity index (χ2n) is 3.03. The van der Waals surface area contributed by atoms with E-state index >= 15 is 0 Å². The third-order valence-corrected chi connectivity index (χ3v) is 5.35. The Bertz CT molecular complexity index is 143. The standard InChI is InChI=1S/C10H23ClO4Si/c1-4-12-8-9-15-16(10-7-11,13-5-2)14-6-3/h4-10H2,1-3H3. The van der Waals surface area contributed by atoms with E-state index in [1.165, 1.54) is 0 Å². The van der Waals surface area contributed by atoms with Gasteiger partial charge < -0.3 is 18.0 Å². The predicted molar refractivity (Wildman–Crippen MR) is 67.0 cm³/mol. The van der Waals surface area contributed by atoms with Crippen LogP contribution in [0.25, 0.3) is 0 Å². The van der Waals surface area contributed by atoms with Crippen molar-refractivity contribution in [2.24, 2.45) is 0 Å². The molecular weight excluding hydrogens is 248 g/mol. The van der Waals surface area contributed by atoms with Gasteiger partial charge in [-0.25, -0.2) is 0 Å². The van der Waals surface area contributed by atoms with Gasteiger partial charge in [-0.1, -0.05) is 0 Å². The van der Waals surface area contributed by atoms with Crippen LogP contribution in [0.4, 0.5) is 0 Å². The lowest BCUT2D eigenvalue weighted by atomic mass is 10.8. The molecule has 0 saturated carbocycles. The Morgan fingerprint density at radius 2 is 1.50 bits per heavy atom. The highest BCUT2D eigenvalue weighted by atomic mass is 35.5. The molecule has 0 amide bonds. The summed E-state index contributed by atoms with van der Waals surface area (Å²) in [5.74, 6) is 0.487. The fraction of sp³-hybridized carbons (Fsp3) is 1.00. The van der Waals surface area contributed by atoms with Crippen molar-refractivity contribution in [3.8, 4) is 0 Å². The third-order valence-electron chi connectivity index (χ3n) is 1.88. The van der Waals surface area contributed by atoms with Gasteiger partial charge in [0.1, 0.15) is 0 Å². The van der Waals surface area contributed by atoms with Crippen molar-refractivity contribution in [3.05, 3.63) is 0 Å². The molecule has 0 unspecified atom stereocenters. The summed E-state index contributed by atoms with van der Waals surface area (Å²) in [7, 11) is -2.56. The molecule has 0 radical (unpaired) electrons. The van der Waals surface area contributed by atoms with E-state index in [2.05, 4.69) is 0 Å². The van der Waals surface area contributed by atoms with Gasteiger partial charge in [-0.15, -0.1) is 11.6 Å². The van der Waals surface area contributed by atoms with E-state index < -0.39 is 8.80 Å². The molecule has 4 nitrogen and oxygen atoms in total. The Morgan fingerprint density at radius 1 is 0.875 bits per heavy atom. The largest absolute Gasteiger partial charge is 0.502 e. The average molecular weight is 271 g/mol. The molecule has 0 N–H and O–H groups in total. The van der Waals surface area contributed by atoms with Gasteiger partial charge in [-0.2, -0.15) is 0 Å². The first-order valence-electron chi connectivity index (χ1n) is 5.80. The van der Waals surface area contributed by atoms with Gasteiger partial charge in [0.25, 0.3) is 0 Å². The molecule has 0 rings (SSSR count). The first kappa shape index (κ1) is 16.3. The normalized spacial score (nSPS) is 12.0. The second-order valence-corrected chi connectivity index (χ2v) is 6.14. The highest BCUT2D eigenvalue weighted by Gasteiger charge is 2.39. The van der Waals surface area contributed by atoms with E-state index in [-0.39, 0.29) is 0 Å². The van der Waals surface area contributed by atoms with Crippen LogP contribution in [-0.4, -0.2) is 47.7 Å². The molecule has 0 heterocycles. The molecule has 0 aromatic rings. The number of hydrogen-bond acceptors (Lipinski definition) is 4. The van der Waals surface area contributed by atoms with Crippen molar-refractivity contribution in [3.63, 3.8) is 0 Å². The number of hydrogen-bond donors (Lipinski definition) is 0. The van der Waals surface area contributed by atoms with E-state index in [9.17, 15) is 0 Å². The fourth-order valence-electron chi connectivity index (χ4n) is 1.30. The van der Waals surface area contributed by atoms with Gasteiger partial charge in [0.05, 0.1) is 13.2 Å². The molecule has 0 saturated heterocycles. The van der Waals surface area contributed by atoms with Crippen LogP contribution in [0.5, 0.6) is 0 Å². The molecule has 6 heteroatoms. The quantitative estimate of drug-likeness (QED) is 0.328.